The van der Waals surface area contributed by atoms with Crippen LogP contribution in [0.4, 0.5) is 15.8 Å². The van der Waals surface area contributed by atoms with Gasteiger partial charge in [0.15, 0.2) is 0 Å². The topological polar surface area (TPSA) is 72.2 Å². The molecular weight excluding hydrogens is 307 g/mol. The molecule has 0 heterocycles. The predicted octanol–water partition coefficient (Wildman–Crippen LogP) is 3.77. The van der Waals surface area contributed by atoms with Crippen LogP contribution in [0.2, 0.25) is 0 Å². The lowest BCUT2D eigenvalue weighted by Crippen LogP contribution is -2.14. The van der Waals surface area contributed by atoms with Gasteiger partial charge >= 0.3 is 0 Å². The molecule has 0 aliphatic rings. The third kappa shape index (κ3) is 4.29. The second kappa shape index (κ2) is 7.04. The van der Waals surface area contributed by atoms with Gasteiger partial charge in [-0.3, -0.25) is 14.9 Å². The summed E-state index contributed by atoms with van der Waals surface area (Å²) < 4.78 is 12.8. The second-order valence-corrected chi connectivity index (χ2v) is 5.60. The number of nitrogens with zero attached hydrogens (tertiary/aromatic N) is 1. The van der Waals surface area contributed by atoms with Gasteiger partial charge in [0.25, 0.3) is 5.69 Å². The number of anilines is 1. The summed E-state index contributed by atoms with van der Waals surface area (Å²) in [6.45, 7) is 1.69. The summed E-state index contributed by atoms with van der Waals surface area (Å²) in [6.07, 6.45) is 0. The number of carbonyl (C=O) groups excluding carboxylic acids is 1. The van der Waals surface area contributed by atoms with Gasteiger partial charge in [0.2, 0.25) is 5.91 Å². The summed E-state index contributed by atoms with van der Waals surface area (Å²) in [4.78, 5) is 22.8. The van der Waals surface area contributed by atoms with Gasteiger partial charge < -0.3 is 5.32 Å². The highest BCUT2D eigenvalue weighted by molar-refractivity contribution is 8.00. The van der Waals surface area contributed by atoms with E-state index in [-0.39, 0.29) is 23.2 Å². The normalized spacial score (nSPS) is 10.3. The van der Waals surface area contributed by atoms with Gasteiger partial charge in [-0.2, -0.15) is 0 Å². The molecule has 0 bridgehead atoms. The minimum absolute atomic E-state index is 0.0174. The van der Waals surface area contributed by atoms with Crippen molar-refractivity contribution in [3.8, 4) is 0 Å². The molecule has 114 valence electrons. The summed E-state index contributed by atoms with van der Waals surface area (Å²) >= 11 is 1.28. The molecule has 22 heavy (non-hydrogen) atoms. The highest BCUT2D eigenvalue weighted by atomic mass is 32.2. The molecule has 0 aliphatic carbocycles. The van der Waals surface area contributed by atoms with Gasteiger partial charge in [0.1, 0.15) is 5.82 Å². The van der Waals surface area contributed by atoms with Crippen LogP contribution in [0.3, 0.4) is 0 Å². The fraction of sp³-hybridized carbons (Fsp3) is 0.133. The molecule has 0 aromatic heterocycles. The molecule has 1 amide bonds. The van der Waals surface area contributed by atoms with Crippen molar-refractivity contribution in [1.29, 1.82) is 0 Å². The third-order valence-electron chi connectivity index (χ3n) is 2.88. The van der Waals surface area contributed by atoms with E-state index in [1.807, 2.05) is 0 Å². The fourth-order valence-electron chi connectivity index (χ4n) is 1.77. The Labute approximate surface area is 130 Å². The summed E-state index contributed by atoms with van der Waals surface area (Å²) in [7, 11) is 0. The van der Waals surface area contributed by atoms with E-state index in [1.54, 1.807) is 19.1 Å². The van der Waals surface area contributed by atoms with Crippen LogP contribution < -0.4 is 5.32 Å². The molecule has 0 unspecified atom stereocenters. The van der Waals surface area contributed by atoms with Crippen LogP contribution >= 0.6 is 11.8 Å². The monoisotopic (exact) mass is 320 g/mol. The molecule has 1 N–H and O–H groups in total. The highest BCUT2D eigenvalue weighted by Gasteiger charge is 2.10. The first-order valence-corrected chi connectivity index (χ1v) is 7.37. The lowest BCUT2D eigenvalue weighted by Gasteiger charge is -2.08. The Morgan fingerprint density at radius 1 is 1.27 bits per heavy atom. The van der Waals surface area contributed by atoms with Crippen molar-refractivity contribution in [1.82, 2.24) is 0 Å². The number of nitro groups is 1. The number of carbonyl (C=O) groups is 1. The van der Waals surface area contributed by atoms with E-state index in [9.17, 15) is 19.3 Å². The molecule has 0 saturated carbocycles. The number of rotatable bonds is 5. The van der Waals surface area contributed by atoms with E-state index in [0.717, 1.165) is 4.90 Å². The number of thioether (sulfide) groups is 1. The third-order valence-corrected chi connectivity index (χ3v) is 3.89. The molecule has 2 aromatic rings. The number of nitrogens with one attached hydrogen (secondary N) is 1. The van der Waals surface area contributed by atoms with Gasteiger partial charge in [0, 0.05) is 22.7 Å². The molecule has 7 heteroatoms. The molecule has 0 spiro atoms. The van der Waals surface area contributed by atoms with Gasteiger partial charge in [-0.25, -0.2) is 4.39 Å². The number of amides is 1. The van der Waals surface area contributed by atoms with E-state index < -0.39 is 4.92 Å². The van der Waals surface area contributed by atoms with E-state index in [2.05, 4.69) is 5.32 Å². The van der Waals surface area contributed by atoms with E-state index >= 15 is 0 Å². The minimum atomic E-state index is -0.483. The van der Waals surface area contributed by atoms with Gasteiger partial charge in [-0.15, -0.1) is 11.8 Å². The smallest absolute Gasteiger partial charge is 0.269 e. The first-order valence-electron chi connectivity index (χ1n) is 6.39. The lowest BCUT2D eigenvalue weighted by molar-refractivity contribution is -0.384. The summed E-state index contributed by atoms with van der Waals surface area (Å²) in [6, 6.07) is 10.1. The maximum Gasteiger partial charge on any atom is 0.269 e. The molecule has 5 nitrogen and oxygen atoms in total. The largest absolute Gasteiger partial charge is 0.325 e. The molecule has 2 aromatic carbocycles. The first-order chi connectivity index (χ1) is 10.5. The zero-order valence-electron chi connectivity index (χ0n) is 11.7. The van der Waals surface area contributed by atoms with Crippen molar-refractivity contribution in [3.63, 3.8) is 0 Å². The number of nitro benzene ring substituents is 1. The van der Waals surface area contributed by atoms with Gasteiger partial charge in [-0.05, 0) is 42.8 Å². The summed E-state index contributed by atoms with van der Waals surface area (Å²) in [5, 5.41) is 13.4. The predicted molar refractivity (Wildman–Crippen MR) is 83.6 cm³/mol. The molecular formula is C15H13FN2O3S. The van der Waals surface area contributed by atoms with Crippen molar-refractivity contribution in [2.24, 2.45) is 0 Å². The standard InChI is InChI=1S/C15H13FN2O3S/c1-10-8-12(18(20)21)4-7-14(10)17-15(19)9-22-13-5-2-11(16)3-6-13/h2-8H,9H2,1H3,(H,17,19). The summed E-state index contributed by atoms with van der Waals surface area (Å²) in [5.41, 5.74) is 1.14. The Morgan fingerprint density at radius 2 is 1.95 bits per heavy atom. The average molecular weight is 320 g/mol. The minimum Gasteiger partial charge on any atom is -0.325 e. The highest BCUT2D eigenvalue weighted by Crippen LogP contribution is 2.22. The van der Waals surface area contributed by atoms with Crippen molar-refractivity contribution in [2.75, 3.05) is 11.1 Å². The van der Waals surface area contributed by atoms with Gasteiger partial charge in [-0.1, -0.05) is 0 Å². The SMILES string of the molecule is Cc1cc([N+](=O)[O-])ccc1NC(=O)CSc1ccc(F)cc1. The molecule has 2 rings (SSSR count). The van der Waals surface area contributed by atoms with Crippen molar-refractivity contribution in [3.05, 3.63) is 64.0 Å². The Morgan fingerprint density at radius 3 is 2.55 bits per heavy atom. The van der Waals surface area contributed by atoms with Crippen molar-refractivity contribution >= 4 is 29.0 Å². The number of halogens is 1. The molecule has 0 radical (unpaired) electrons. The quantitative estimate of drug-likeness (QED) is 0.517. The van der Waals surface area contributed by atoms with Crippen LogP contribution in [0, 0.1) is 22.9 Å². The fourth-order valence-corrected chi connectivity index (χ4v) is 2.47. The lowest BCUT2D eigenvalue weighted by atomic mass is 10.2. The number of benzene rings is 2. The number of hydrogen-bond donors (Lipinski definition) is 1. The van der Waals surface area contributed by atoms with E-state index in [0.29, 0.717) is 11.3 Å². The maximum absolute atomic E-state index is 12.8. The zero-order chi connectivity index (χ0) is 16.1. The van der Waals surface area contributed by atoms with Crippen molar-refractivity contribution < 1.29 is 14.1 Å². The number of aryl methyl sites for hydroxylation is 1. The average Bonchev–Trinajstić information content (AvgIpc) is 2.48. The number of non-ortho nitro benzene ring substituents is 1. The van der Waals surface area contributed by atoms with E-state index in [4.69, 9.17) is 0 Å². The molecule has 0 aliphatic heterocycles. The second-order valence-electron chi connectivity index (χ2n) is 4.55. The Kier molecular flexibility index (Phi) is 5.11. The van der Waals surface area contributed by atoms with Crippen LogP contribution in [0.25, 0.3) is 0 Å². The van der Waals surface area contributed by atoms with Crippen LogP contribution in [-0.2, 0) is 4.79 Å². The van der Waals surface area contributed by atoms with Crippen LogP contribution in [0.5, 0.6) is 0 Å². The maximum atomic E-state index is 12.8. The Hall–Kier alpha value is -2.41. The van der Waals surface area contributed by atoms with Crippen LogP contribution in [0.1, 0.15) is 5.56 Å². The summed E-state index contributed by atoms with van der Waals surface area (Å²) in [5.74, 6) is -0.385. The first kappa shape index (κ1) is 16.0. The van der Waals surface area contributed by atoms with Gasteiger partial charge in [0.05, 0.1) is 10.7 Å². The number of hydrogen-bond acceptors (Lipinski definition) is 4. The van der Waals surface area contributed by atoms with Crippen LogP contribution in [-0.4, -0.2) is 16.6 Å². The Balaban J connectivity index is 1.94. The van der Waals surface area contributed by atoms with Crippen LogP contribution in [0.15, 0.2) is 47.4 Å². The molecule has 0 fully saturated rings. The van der Waals surface area contributed by atoms with E-state index in [1.165, 1.54) is 42.1 Å². The van der Waals surface area contributed by atoms with Crippen molar-refractivity contribution in [2.45, 2.75) is 11.8 Å². The Bertz CT molecular complexity index is 704. The molecule has 0 saturated heterocycles. The molecule has 0 atom stereocenters. The zero-order valence-corrected chi connectivity index (χ0v) is 12.5.